The number of unbranched alkanes of at least 4 members (excludes halogenated alkanes) is 13. The highest BCUT2D eigenvalue weighted by Crippen LogP contribution is 2.24. The van der Waals surface area contributed by atoms with Crippen LogP contribution in [0.4, 0.5) is 0 Å². The third kappa shape index (κ3) is 10.1. The van der Waals surface area contributed by atoms with Crippen molar-refractivity contribution < 1.29 is 13.0 Å². The highest BCUT2D eigenvalue weighted by molar-refractivity contribution is 7.86. The molecule has 3 nitrogen and oxygen atoms in total. The maximum Gasteiger partial charge on any atom is 0.295 e. The Morgan fingerprint density at radius 3 is 1.57 bits per heavy atom. The molecule has 0 amide bonds. The minimum absolute atomic E-state index is 0.0929. The van der Waals surface area contributed by atoms with Gasteiger partial charge in [0, 0.05) is 0 Å². The second kappa shape index (κ2) is 14.2. The van der Waals surface area contributed by atoms with Crippen LogP contribution in [0.25, 0.3) is 0 Å². The van der Waals surface area contributed by atoms with E-state index in [1.165, 1.54) is 83.5 Å². The standard InChI is InChI=1S/C24H42O3S/c1-4-5-6-7-8-9-10-11-12-13-14-15-16-17-18-23-20-19-21(2)24(22(23)3)28(25,26)27/h19-20H,4-18H2,1-3H3,(H,25,26,27). The summed E-state index contributed by atoms with van der Waals surface area (Å²) in [7, 11) is -4.15. The van der Waals surface area contributed by atoms with Crippen molar-refractivity contribution in [1.29, 1.82) is 0 Å². The molecule has 0 fully saturated rings. The fraction of sp³-hybridized carbons (Fsp3) is 0.750. The van der Waals surface area contributed by atoms with Gasteiger partial charge in [0.1, 0.15) is 0 Å². The van der Waals surface area contributed by atoms with Crippen LogP contribution >= 0.6 is 0 Å². The molecule has 0 spiro atoms. The van der Waals surface area contributed by atoms with Crippen LogP contribution < -0.4 is 0 Å². The molecule has 1 aromatic rings. The Kier molecular flexibility index (Phi) is 12.7. The molecule has 0 aliphatic carbocycles. The molecule has 1 N–H and O–H groups in total. The lowest BCUT2D eigenvalue weighted by atomic mass is 9.99. The number of hydrogen-bond acceptors (Lipinski definition) is 2. The zero-order valence-electron chi connectivity index (χ0n) is 18.4. The maximum atomic E-state index is 11.6. The van der Waals surface area contributed by atoms with Crippen molar-refractivity contribution in [2.24, 2.45) is 0 Å². The number of rotatable bonds is 16. The van der Waals surface area contributed by atoms with Crippen LogP contribution in [0.3, 0.4) is 0 Å². The number of aryl methyl sites for hydroxylation is 2. The van der Waals surface area contributed by atoms with Gasteiger partial charge in [-0.2, -0.15) is 8.42 Å². The Morgan fingerprint density at radius 1 is 0.714 bits per heavy atom. The molecule has 0 radical (unpaired) electrons. The third-order valence-electron chi connectivity index (χ3n) is 5.77. The van der Waals surface area contributed by atoms with Gasteiger partial charge in [0.15, 0.2) is 0 Å². The number of hydrogen-bond donors (Lipinski definition) is 1. The lowest BCUT2D eigenvalue weighted by molar-refractivity contribution is 0.481. The molecule has 0 heterocycles. The molecule has 1 aromatic carbocycles. The molecule has 162 valence electrons. The predicted octanol–water partition coefficient (Wildman–Crippen LogP) is 7.57. The van der Waals surface area contributed by atoms with Crippen LogP contribution in [0.2, 0.25) is 0 Å². The van der Waals surface area contributed by atoms with Crippen molar-refractivity contribution in [2.75, 3.05) is 0 Å². The van der Waals surface area contributed by atoms with E-state index in [-0.39, 0.29) is 4.90 Å². The van der Waals surface area contributed by atoms with Gasteiger partial charge in [-0.3, -0.25) is 4.55 Å². The second-order valence-electron chi connectivity index (χ2n) is 8.32. The van der Waals surface area contributed by atoms with Crippen LogP contribution in [-0.2, 0) is 16.5 Å². The average Bonchev–Trinajstić information content (AvgIpc) is 2.62. The van der Waals surface area contributed by atoms with E-state index in [1.54, 1.807) is 19.9 Å². The largest absolute Gasteiger partial charge is 0.295 e. The summed E-state index contributed by atoms with van der Waals surface area (Å²) in [6.07, 6.45) is 19.6. The van der Waals surface area contributed by atoms with E-state index in [9.17, 15) is 13.0 Å². The van der Waals surface area contributed by atoms with Gasteiger partial charge in [-0.05, 0) is 43.4 Å². The monoisotopic (exact) mass is 410 g/mol. The summed E-state index contributed by atoms with van der Waals surface area (Å²) in [6, 6.07) is 3.80. The molecule has 0 saturated heterocycles. The molecule has 4 heteroatoms. The van der Waals surface area contributed by atoms with Crippen molar-refractivity contribution in [3.63, 3.8) is 0 Å². The van der Waals surface area contributed by atoms with E-state index < -0.39 is 10.1 Å². The summed E-state index contributed by atoms with van der Waals surface area (Å²) in [6.45, 7) is 5.80. The van der Waals surface area contributed by atoms with Gasteiger partial charge < -0.3 is 0 Å². The molecule has 0 unspecified atom stereocenters. The zero-order chi connectivity index (χ0) is 20.8. The minimum atomic E-state index is -4.15. The Balaban J connectivity index is 2.10. The Bertz CT molecular complexity index is 650. The van der Waals surface area contributed by atoms with Gasteiger partial charge >= 0.3 is 0 Å². The van der Waals surface area contributed by atoms with Crippen molar-refractivity contribution in [1.82, 2.24) is 0 Å². The molecule has 0 atom stereocenters. The van der Waals surface area contributed by atoms with Crippen molar-refractivity contribution >= 4 is 10.1 Å². The highest BCUT2D eigenvalue weighted by Gasteiger charge is 2.18. The smallest absolute Gasteiger partial charge is 0.282 e. The van der Waals surface area contributed by atoms with Crippen molar-refractivity contribution in [3.05, 3.63) is 28.8 Å². The third-order valence-corrected chi connectivity index (χ3v) is 6.92. The normalized spacial score (nSPS) is 11.9. The SMILES string of the molecule is CCCCCCCCCCCCCCCCc1ccc(C)c(S(=O)(=O)O)c1C. The van der Waals surface area contributed by atoms with Gasteiger partial charge in [-0.15, -0.1) is 0 Å². The topological polar surface area (TPSA) is 54.4 Å². The highest BCUT2D eigenvalue weighted by atomic mass is 32.2. The molecule has 0 bridgehead atoms. The summed E-state index contributed by atoms with van der Waals surface area (Å²) in [5, 5.41) is 0. The van der Waals surface area contributed by atoms with Gasteiger partial charge in [0.05, 0.1) is 4.90 Å². The van der Waals surface area contributed by atoms with Crippen LogP contribution in [-0.4, -0.2) is 13.0 Å². The molecule has 0 aliphatic rings. The fourth-order valence-corrected chi connectivity index (χ4v) is 5.04. The molecule has 0 aliphatic heterocycles. The predicted molar refractivity (Wildman–Crippen MR) is 120 cm³/mol. The first-order chi connectivity index (χ1) is 13.4. The van der Waals surface area contributed by atoms with Crippen LogP contribution in [0.1, 0.15) is 114 Å². The first-order valence-corrected chi connectivity index (χ1v) is 12.9. The van der Waals surface area contributed by atoms with E-state index in [0.29, 0.717) is 11.1 Å². The van der Waals surface area contributed by atoms with Crippen molar-refractivity contribution in [3.8, 4) is 0 Å². The van der Waals surface area contributed by atoms with Gasteiger partial charge in [0.2, 0.25) is 0 Å². The first-order valence-electron chi connectivity index (χ1n) is 11.4. The quantitative estimate of drug-likeness (QED) is 0.226. The fourth-order valence-electron chi connectivity index (χ4n) is 4.05. The first kappa shape index (κ1) is 25.2. The summed E-state index contributed by atoms with van der Waals surface area (Å²) in [5.41, 5.74) is 2.36. The van der Waals surface area contributed by atoms with E-state index in [2.05, 4.69) is 6.92 Å². The second-order valence-corrected chi connectivity index (χ2v) is 9.68. The minimum Gasteiger partial charge on any atom is -0.282 e. The van der Waals surface area contributed by atoms with Crippen LogP contribution in [0.15, 0.2) is 17.0 Å². The van der Waals surface area contributed by atoms with E-state index in [0.717, 1.165) is 18.4 Å². The molecular weight excluding hydrogens is 368 g/mol. The van der Waals surface area contributed by atoms with E-state index in [4.69, 9.17) is 0 Å². The molecule has 1 rings (SSSR count). The van der Waals surface area contributed by atoms with Crippen molar-refractivity contribution in [2.45, 2.75) is 122 Å². The Hall–Kier alpha value is -0.870. The summed E-state index contributed by atoms with van der Waals surface area (Å²) in [5.74, 6) is 0. The van der Waals surface area contributed by atoms with E-state index >= 15 is 0 Å². The lowest BCUT2D eigenvalue weighted by Crippen LogP contribution is -2.06. The number of benzene rings is 1. The lowest BCUT2D eigenvalue weighted by Gasteiger charge is -2.12. The summed E-state index contributed by atoms with van der Waals surface area (Å²) in [4.78, 5) is 0.0929. The van der Waals surface area contributed by atoms with Gasteiger partial charge in [-0.25, -0.2) is 0 Å². The Labute approximate surface area is 174 Å². The summed E-state index contributed by atoms with van der Waals surface area (Å²) >= 11 is 0. The zero-order valence-corrected chi connectivity index (χ0v) is 19.2. The molecule has 0 saturated carbocycles. The van der Waals surface area contributed by atoms with Gasteiger partial charge in [-0.1, -0.05) is 103 Å². The summed E-state index contributed by atoms with van der Waals surface area (Å²) < 4.78 is 32.6. The van der Waals surface area contributed by atoms with Crippen LogP contribution in [0.5, 0.6) is 0 Å². The maximum absolute atomic E-state index is 11.6. The van der Waals surface area contributed by atoms with E-state index in [1.807, 2.05) is 6.07 Å². The van der Waals surface area contributed by atoms with Crippen LogP contribution in [0, 0.1) is 13.8 Å². The van der Waals surface area contributed by atoms with Gasteiger partial charge in [0.25, 0.3) is 10.1 Å². The molecule has 28 heavy (non-hydrogen) atoms. The molecular formula is C24H42O3S. The molecule has 0 aromatic heterocycles. The average molecular weight is 411 g/mol. The Morgan fingerprint density at radius 2 is 1.14 bits per heavy atom.